The normalized spacial score (nSPS) is 27.3. The number of hydrogen-bond donors (Lipinski definition) is 1. The Kier molecular flexibility index (Phi) is 4.69. The number of benzene rings is 1. The summed E-state index contributed by atoms with van der Waals surface area (Å²) < 4.78 is 6.55. The number of rotatable bonds is 3. The maximum absolute atomic E-state index is 10.3. The van der Waals surface area contributed by atoms with Crippen molar-refractivity contribution in [2.24, 2.45) is 0 Å². The van der Waals surface area contributed by atoms with Crippen LogP contribution in [0.15, 0.2) is 0 Å². The smallest absolute Gasteiger partial charge is 0.127 e. The molecule has 0 bridgehead atoms. The quantitative estimate of drug-likeness (QED) is 0.704. The Morgan fingerprint density at radius 2 is 1.78 bits per heavy atom. The molecule has 0 spiro atoms. The number of ether oxygens (including phenoxy) is 1. The first kappa shape index (κ1) is 17.5. The fraction of sp³-hybridized carbons (Fsp3) is 0.684. The van der Waals surface area contributed by atoms with Crippen LogP contribution in [-0.4, -0.2) is 28.0 Å². The first-order chi connectivity index (χ1) is 10.7. The second kappa shape index (κ2) is 6.18. The van der Waals surface area contributed by atoms with Crippen LogP contribution >= 0.6 is 23.3 Å². The molecule has 0 aliphatic carbocycles. The minimum Gasteiger partial charge on any atom is -0.507 e. The third-order valence-electron chi connectivity index (χ3n) is 5.86. The van der Waals surface area contributed by atoms with E-state index < -0.39 is 8.46 Å². The zero-order valence-electron chi connectivity index (χ0n) is 14.8. The molecule has 23 heavy (non-hydrogen) atoms. The zero-order valence-corrected chi connectivity index (χ0v) is 17.2. The molecule has 1 aromatic rings. The minimum absolute atomic E-state index is 0.0655. The average molecular weight is 401 g/mol. The Labute approximate surface area is 149 Å². The van der Waals surface area contributed by atoms with Gasteiger partial charge in [-0.3, -0.25) is 0 Å². The van der Waals surface area contributed by atoms with Crippen LogP contribution in [0.3, 0.4) is 0 Å². The highest BCUT2D eigenvalue weighted by molar-refractivity contribution is 9.58. The van der Waals surface area contributed by atoms with Crippen LogP contribution in [0.1, 0.15) is 54.9 Å². The van der Waals surface area contributed by atoms with Gasteiger partial charge in [0.2, 0.25) is 0 Å². The van der Waals surface area contributed by atoms with Gasteiger partial charge in [-0.25, -0.2) is 0 Å². The molecule has 1 unspecified atom stereocenters. The van der Waals surface area contributed by atoms with Crippen molar-refractivity contribution in [1.29, 1.82) is 0 Å². The molecule has 0 radical (unpaired) electrons. The van der Waals surface area contributed by atoms with E-state index in [1.807, 2.05) is 13.8 Å². The highest BCUT2D eigenvalue weighted by Crippen LogP contribution is 2.61. The lowest BCUT2D eigenvalue weighted by Crippen LogP contribution is -2.38. The van der Waals surface area contributed by atoms with Crippen LogP contribution in [0.2, 0.25) is 0 Å². The van der Waals surface area contributed by atoms with Gasteiger partial charge in [-0.2, -0.15) is 8.46 Å². The molecule has 130 valence electrons. The third kappa shape index (κ3) is 3.26. The van der Waals surface area contributed by atoms with Crippen molar-refractivity contribution in [2.45, 2.75) is 65.4 Å². The number of aromatic hydroxyl groups is 1. The molecular formula is C19H29BrO2S. The fourth-order valence-corrected chi connectivity index (χ4v) is 8.61. The summed E-state index contributed by atoms with van der Waals surface area (Å²) in [6, 6.07) is 0. The van der Waals surface area contributed by atoms with Crippen molar-refractivity contribution in [3.8, 4) is 11.5 Å². The van der Waals surface area contributed by atoms with E-state index in [1.165, 1.54) is 35.7 Å². The van der Waals surface area contributed by atoms with Crippen molar-refractivity contribution in [3.05, 3.63) is 22.3 Å². The van der Waals surface area contributed by atoms with Gasteiger partial charge in [-0.05, 0) is 109 Å². The van der Waals surface area contributed by atoms with E-state index in [-0.39, 0.29) is 5.60 Å². The summed E-state index contributed by atoms with van der Waals surface area (Å²) in [6.45, 7) is 8.36. The van der Waals surface area contributed by atoms with E-state index in [0.29, 0.717) is 5.75 Å². The molecule has 2 aliphatic rings. The number of phenolic OH excluding ortho intramolecular Hbond substituents is 1. The van der Waals surface area contributed by atoms with E-state index in [2.05, 4.69) is 28.7 Å². The topological polar surface area (TPSA) is 29.5 Å². The summed E-state index contributed by atoms with van der Waals surface area (Å²) >= 11 is 4.07. The molecule has 3 rings (SSSR count). The molecule has 0 saturated carbocycles. The molecule has 2 aliphatic heterocycles. The molecular weight excluding hydrogens is 372 g/mol. The van der Waals surface area contributed by atoms with Gasteiger partial charge in [0, 0.05) is 5.56 Å². The summed E-state index contributed by atoms with van der Waals surface area (Å²) in [5.74, 6) is 5.52. The van der Waals surface area contributed by atoms with Crippen LogP contribution < -0.4 is 4.74 Å². The van der Waals surface area contributed by atoms with Gasteiger partial charge in [0.25, 0.3) is 0 Å². The lowest BCUT2D eigenvalue weighted by atomic mass is 9.86. The van der Waals surface area contributed by atoms with Crippen molar-refractivity contribution in [2.75, 3.05) is 17.3 Å². The summed E-state index contributed by atoms with van der Waals surface area (Å²) in [6.07, 6.45) is 5.96. The van der Waals surface area contributed by atoms with Crippen molar-refractivity contribution in [1.82, 2.24) is 0 Å². The van der Waals surface area contributed by atoms with Gasteiger partial charge in [-0.1, -0.05) is 0 Å². The lowest BCUT2D eigenvalue weighted by molar-refractivity contribution is 0.0609. The first-order valence-electron chi connectivity index (χ1n) is 8.71. The molecule has 1 fully saturated rings. The van der Waals surface area contributed by atoms with Crippen LogP contribution in [0.25, 0.3) is 0 Å². The number of fused-ring (bicyclic) bond motifs is 1. The Balaban J connectivity index is 1.81. The van der Waals surface area contributed by atoms with Gasteiger partial charge in [-0.15, -0.1) is 0 Å². The predicted octanol–water partition coefficient (Wildman–Crippen LogP) is 5.70. The maximum atomic E-state index is 10.3. The van der Waals surface area contributed by atoms with E-state index in [1.54, 1.807) is 0 Å². The van der Waals surface area contributed by atoms with Gasteiger partial charge < -0.3 is 9.84 Å². The van der Waals surface area contributed by atoms with Crippen LogP contribution in [0.4, 0.5) is 0 Å². The Morgan fingerprint density at radius 1 is 1.13 bits per heavy atom. The maximum Gasteiger partial charge on any atom is 0.127 e. The molecule has 1 atom stereocenters. The molecule has 1 N–H and O–H groups in total. The van der Waals surface area contributed by atoms with E-state index in [9.17, 15) is 5.11 Å². The second-order valence-electron chi connectivity index (χ2n) is 7.59. The highest BCUT2D eigenvalue weighted by atomic mass is 79.9. The summed E-state index contributed by atoms with van der Waals surface area (Å²) in [5, 5.41) is 10.3. The van der Waals surface area contributed by atoms with Crippen molar-refractivity contribution in [3.63, 3.8) is 0 Å². The molecule has 1 saturated heterocycles. The van der Waals surface area contributed by atoms with E-state index in [4.69, 9.17) is 4.74 Å². The summed E-state index contributed by atoms with van der Waals surface area (Å²) in [4.78, 5) is 0. The van der Waals surface area contributed by atoms with E-state index >= 15 is 0 Å². The number of phenols is 1. The summed E-state index contributed by atoms with van der Waals surface area (Å²) in [7, 11) is -0.559. The number of hydrogen-bond acceptors (Lipinski definition) is 2. The first-order valence-corrected chi connectivity index (χ1v) is 12.7. The Bertz CT molecular complexity index is 623. The molecule has 2 nitrogen and oxygen atoms in total. The van der Waals surface area contributed by atoms with E-state index in [0.717, 1.165) is 41.7 Å². The number of halogens is 1. The molecule has 4 heteroatoms. The standard InChI is InChI=1S/C19H29BrO2S/c1-13-14(2)18-16(15(3)17(13)21)7-8-19(4,22-18)9-12-23(20)10-5-6-11-23/h21H,5-12H2,1-4H3. The van der Waals surface area contributed by atoms with Crippen LogP contribution in [0, 0.1) is 20.8 Å². The van der Waals surface area contributed by atoms with Crippen molar-refractivity contribution < 1.29 is 9.84 Å². The average Bonchev–Trinajstić information content (AvgIpc) is 2.96. The third-order valence-corrected chi connectivity index (χ3v) is 11.7. The molecule has 1 aromatic carbocycles. The van der Waals surface area contributed by atoms with Gasteiger partial charge in [0.1, 0.15) is 17.1 Å². The van der Waals surface area contributed by atoms with Gasteiger partial charge in [0.15, 0.2) is 0 Å². The molecule has 2 heterocycles. The minimum atomic E-state index is -0.559. The molecule has 0 amide bonds. The monoisotopic (exact) mass is 400 g/mol. The Morgan fingerprint density at radius 3 is 2.43 bits per heavy atom. The zero-order chi connectivity index (χ0) is 16.8. The largest absolute Gasteiger partial charge is 0.507 e. The highest BCUT2D eigenvalue weighted by Gasteiger charge is 2.36. The van der Waals surface area contributed by atoms with Gasteiger partial charge >= 0.3 is 0 Å². The van der Waals surface area contributed by atoms with Crippen LogP contribution in [0.5, 0.6) is 11.5 Å². The predicted molar refractivity (Wildman–Crippen MR) is 105 cm³/mol. The fourth-order valence-electron chi connectivity index (χ4n) is 3.90. The second-order valence-corrected chi connectivity index (χ2v) is 14.8. The molecule has 0 aromatic heterocycles. The van der Waals surface area contributed by atoms with Gasteiger partial charge in [0.05, 0.1) is 0 Å². The summed E-state index contributed by atoms with van der Waals surface area (Å²) in [5.41, 5.74) is 4.22. The van der Waals surface area contributed by atoms with Crippen LogP contribution in [-0.2, 0) is 6.42 Å². The Hall–Kier alpha value is -0.350. The van der Waals surface area contributed by atoms with Crippen molar-refractivity contribution >= 4 is 23.3 Å². The SMILES string of the molecule is Cc1c(C)c2c(c(C)c1O)CCC(C)(CCS1(Br)CCCC1)O2. The lowest BCUT2D eigenvalue weighted by Gasteiger charge is -2.40.